The summed E-state index contributed by atoms with van der Waals surface area (Å²) in [7, 11) is 0. The number of aliphatic hydroxyl groups is 1. The van der Waals surface area contributed by atoms with E-state index in [9.17, 15) is 5.11 Å². The van der Waals surface area contributed by atoms with Crippen molar-refractivity contribution < 1.29 is 5.11 Å². The summed E-state index contributed by atoms with van der Waals surface area (Å²) >= 11 is 0. The molecular weight excluding hydrogens is 210 g/mol. The number of aliphatic hydroxyl groups excluding tert-OH is 1. The zero-order valence-corrected chi connectivity index (χ0v) is 9.88. The molecule has 0 aliphatic carbocycles. The van der Waals surface area contributed by atoms with E-state index in [1.54, 1.807) is 0 Å². The third-order valence-electron chi connectivity index (χ3n) is 2.78. The van der Waals surface area contributed by atoms with Gasteiger partial charge in [0, 0.05) is 5.69 Å². The van der Waals surface area contributed by atoms with Gasteiger partial charge in [-0.1, -0.05) is 48.5 Å². The van der Waals surface area contributed by atoms with Crippen LogP contribution in [0, 0.1) is 0 Å². The average Bonchev–Trinajstić information content (AvgIpc) is 2.40. The molecule has 2 aromatic carbocycles. The summed E-state index contributed by atoms with van der Waals surface area (Å²) in [4.78, 5) is 0. The van der Waals surface area contributed by atoms with Crippen LogP contribution in [0.3, 0.4) is 0 Å². The van der Waals surface area contributed by atoms with E-state index in [-0.39, 0.29) is 6.04 Å². The van der Waals surface area contributed by atoms with Gasteiger partial charge in [-0.3, -0.25) is 0 Å². The van der Waals surface area contributed by atoms with Gasteiger partial charge in [0.25, 0.3) is 0 Å². The molecule has 0 aliphatic rings. The van der Waals surface area contributed by atoms with Crippen LogP contribution in [-0.2, 0) is 0 Å². The minimum Gasteiger partial charge on any atom is -0.386 e. The van der Waals surface area contributed by atoms with Crippen molar-refractivity contribution in [1.29, 1.82) is 0 Å². The quantitative estimate of drug-likeness (QED) is 0.840. The van der Waals surface area contributed by atoms with Crippen LogP contribution in [0.15, 0.2) is 60.7 Å². The number of para-hydroxylation sites is 1. The summed E-state index contributed by atoms with van der Waals surface area (Å²) in [6, 6.07) is 19.6. The van der Waals surface area contributed by atoms with Crippen LogP contribution in [0.25, 0.3) is 0 Å². The molecule has 0 spiro atoms. The van der Waals surface area contributed by atoms with Crippen molar-refractivity contribution in [3.63, 3.8) is 0 Å². The van der Waals surface area contributed by atoms with Crippen molar-refractivity contribution in [2.45, 2.75) is 19.1 Å². The standard InChI is InChI=1S/C15H17NO/c1-12(16-14-10-6-3-7-11-14)15(17)13-8-4-2-5-9-13/h2-12,15-17H,1H3/t12-,15?/m1/s1. The van der Waals surface area contributed by atoms with E-state index in [1.807, 2.05) is 67.6 Å². The maximum Gasteiger partial charge on any atom is 0.0988 e. The number of benzene rings is 2. The Morgan fingerprint density at radius 3 is 2.00 bits per heavy atom. The van der Waals surface area contributed by atoms with Crippen LogP contribution in [0.1, 0.15) is 18.6 Å². The van der Waals surface area contributed by atoms with Crippen LogP contribution in [0.5, 0.6) is 0 Å². The minimum atomic E-state index is -0.503. The lowest BCUT2D eigenvalue weighted by Gasteiger charge is -2.21. The molecule has 1 unspecified atom stereocenters. The molecule has 2 rings (SSSR count). The topological polar surface area (TPSA) is 32.3 Å². The van der Waals surface area contributed by atoms with Gasteiger partial charge in [-0.15, -0.1) is 0 Å². The highest BCUT2D eigenvalue weighted by molar-refractivity contribution is 5.43. The molecule has 2 N–H and O–H groups in total. The second kappa shape index (κ2) is 5.51. The molecule has 0 heterocycles. The SMILES string of the molecule is C[C@@H](Nc1ccccc1)C(O)c1ccccc1. The number of nitrogens with one attached hydrogen (secondary N) is 1. The number of hydrogen-bond acceptors (Lipinski definition) is 2. The third-order valence-corrected chi connectivity index (χ3v) is 2.78. The predicted molar refractivity (Wildman–Crippen MR) is 70.9 cm³/mol. The van der Waals surface area contributed by atoms with E-state index in [4.69, 9.17) is 0 Å². The van der Waals surface area contributed by atoms with E-state index in [0.29, 0.717) is 0 Å². The minimum absolute atomic E-state index is 0.0280. The van der Waals surface area contributed by atoms with E-state index in [1.165, 1.54) is 0 Å². The van der Waals surface area contributed by atoms with E-state index in [2.05, 4.69) is 5.32 Å². The first kappa shape index (κ1) is 11.7. The van der Waals surface area contributed by atoms with Crippen LogP contribution in [-0.4, -0.2) is 11.1 Å². The number of rotatable bonds is 4. The molecule has 0 aliphatic heterocycles. The summed E-state index contributed by atoms with van der Waals surface area (Å²) in [5, 5.41) is 13.5. The highest BCUT2D eigenvalue weighted by Crippen LogP contribution is 2.19. The first-order valence-corrected chi connectivity index (χ1v) is 5.82. The Bertz CT molecular complexity index is 441. The lowest BCUT2D eigenvalue weighted by atomic mass is 10.0. The Morgan fingerprint density at radius 1 is 0.882 bits per heavy atom. The van der Waals surface area contributed by atoms with E-state index in [0.717, 1.165) is 11.3 Å². The maximum atomic E-state index is 10.2. The van der Waals surface area contributed by atoms with Gasteiger partial charge in [0.05, 0.1) is 12.1 Å². The van der Waals surface area contributed by atoms with Crippen molar-refractivity contribution in [3.8, 4) is 0 Å². The molecule has 17 heavy (non-hydrogen) atoms. The van der Waals surface area contributed by atoms with Crippen LogP contribution in [0.2, 0.25) is 0 Å². The van der Waals surface area contributed by atoms with Gasteiger partial charge in [-0.25, -0.2) is 0 Å². The molecule has 2 atom stereocenters. The fraction of sp³-hybridized carbons (Fsp3) is 0.200. The Hall–Kier alpha value is -1.80. The number of anilines is 1. The lowest BCUT2D eigenvalue weighted by Crippen LogP contribution is -2.23. The monoisotopic (exact) mass is 227 g/mol. The zero-order valence-electron chi connectivity index (χ0n) is 9.88. The molecule has 0 saturated heterocycles. The zero-order chi connectivity index (χ0) is 12.1. The Kier molecular flexibility index (Phi) is 3.78. The first-order chi connectivity index (χ1) is 8.27. The summed E-state index contributed by atoms with van der Waals surface area (Å²) in [5.41, 5.74) is 1.96. The molecule has 2 nitrogen and oxygen atoms in total. The molecule has 0 aromatic heterocycles. The molecule has 2 aromatic rings. The second-order valence-corrected chi connectivity index (χ2v) is 4.15. The predicted octanol–water partition coefficient (Wildman–Crippen LogP) is 3.22. The van der Waals surface area contributed by atoms with Crippen molar-refractivity contribution in [2.24, 2.45) is 0 Å². The molecular formula is C15H17NO. The molecule has 88 valence electrons. The lowest BCUT2D eigenvalue weighted by molar-refractivity contribution is 0.161. The van der Waals surface area contributed by atoms with E-state index < -0.39 is 6.10 Å². The van der Waals surface area contributed by atoms with E-state index >= 15 is 0 Å². The summed E-state index contributed by atoms with van der Waals surface area (Å²) in [6.45, 7) is 1.98. The average molecular weight is 227 g/mol. The number of hydrogen-bond donors (Lipinski definition) is 2. The summed E-state index contributed by atoms with van der Waals surface area (Å²) in [5.74, 6) is 0. The van der Waals surface area contributed by atoms with Gasteiger partial charge >= 0.3 is 0 Å². The molecule has 0 fully saturated rings. The third kappa shape index (κ3) is 3.08. The maximum absolute atomic E-state index is 10.2. The van der Waals surface area contributed by atoms with Gasteiger partial charge in [0.2, 0.25) is 0 Å². The van der Waals surface area contributed by atoms with Crippen molar-refractivity contribution in [3.05, 3.63) is 66.2 Å². The molecule has 0 bridgehead atoms. The Balaban J connectivity index is 2.03. The van der Waals surface area contributed by atoms with Gasteiger partial charge in [-0.2, -0.15) is 0 Å². The smallest absolute Gasteiger partial charge is 0.0988 e. The Morgan fingerprint density at radius 2 is 1.41 bits per heavy atom. The van der Waals surface area contributed by atoms with Crippen LogP contribution >= 0.6 is 0 Å². The highest BCUT2D eigenvalue weighted by atomic mass is 16.3. The summed E-state index contributed by atoms with van der Waals surface area (Å²) in [6.07, 6.45) is -0.503. The van der Waals surface area contributed by atoms with Crippen LogP contribution < -0.4 is 5.32 Å². The molecule has 0 amide bonds. The highest BCUT2D eigenvalue weighted by Gasteiger charge is 2.15. The van der Waals surface area contributed by atoms with Gasteiger partial charge in [-0.05, 0) is 24.6 Å². The van der Waals surface area contributed by atoms with Gasteiger partial charge in [0.15, 0.2) is 0 Å². The fourth-order valence-corrected chi connectivity index (χ4v) is 1.82. The molecule has 0 radical (unpaired) electrons. The summed E-state index contributed by atoms with van der Waals surface area (Å²) < 4.78 is 0. The first-order valence-electron chi connectivity index (χ1n) is 5.82. The van der Waals surface area contributed by atoms with Gasteiger partial charge < -0.3 is 10.4 Å². The normalized spacial score (nSPS) is 14.0. The van der Waals surface area contributed by atoms with Crippen molar-refractivity contribution >= 4 is 5.69 Å². The Labute approximate surface area is 102 Å². The van der Waals surface area contributed by atoms with Crippen LogP contribution in [0.4, 0.5) is 5.69 Å². The second-order valence-electron chi connectivity index (χ2n) is 4.15. The molecule has 0 saturated carbocycles. The van der Waals surface area contributed by atoms with Gasteiger partial charge in [0.1, 0.15) is 0 Å². The van der Waals surface area contributed by atoms with Crippen molar-refractivity contribution in [1.82, 2.24) is 0 Å². The molecule has 2 heteroatoms. The largest absolute Gasteiger partial charge is 0.386 e. The fourth-order valence-electron chi connectivity index (χ4n) is 1.82. The van der Waals surface area contributed by atoms with Crippen molar-refractivity contribution in [2.75, 3.05) is 5.32 Å².